The van der Waals surface area contributed by atoms with Crippen molar-refractivity contribution in [2.75, 3.05) is 33.4 Å². The number of H-pyrrole nitrogens is 1. The molecule has 1 aromatic carbocycles. The molecule has 0 saturated heterocycles. The Balaban J connectivity index is 1.79. The lowest BCUT2D eigenvalue weighted by Crippen LogP contribution is -2.46. The van der Waals surface area contributed by atoms with Crippen LogP contribution in [-0.4, -0.2) is 61.4 Å². The van der Waals surface area contributed by atoms with Crippen LogP contribution in [0, 0.1) is 0 Å². The number of fused-ring (bicyclic) bond motifs is 1. The van der Waals surface area contributed by atoms with Crippen molar-refractivity contribution in [3.63, 3.8) is 0 Å². The van der Waals surface area contributed by atoms with Crippen molar-refractivity contribution in [3.05, 3.63) is 30.0 Å². The SMILES string of the molecule is COCCNCCNC(=O)C(C)NC(=O)c1n[nH]c2ccccc12. The minimum absolute atomic E-state index is 0.239. The Bertz CT molecular complexity index is 685. The van der Waals surface area contributed by atoms with Crippen LogP contribution in [0.2, 0.25) is 0 Å². The van der Waals surface area contributed by atoms with Crippen molar-refractivity contribution in [1.29, 1.82) is 0 Å². The lowest BCUT2D eigenvalue weighted by molar-refractivity contribution is -0.122. The van der Waals surface area contributed by atoms with Crippen molar-refractivity contribution in [2.24, 2.45) is 0 Å². The number of ether oxygens (including phenoxy) is 1. The zero-order chi connectivity index (χ0) is 17.4. The van der Waals surface area contributed by atoms with Gasteiger partial charge in [0.2, 0.25) is 5.91 Å². The Morgan fingerprint density at radius 3 is 2.83 bits per heavy atom. The minimum atomic E-state index is -0.646. The fraction of sp³-hybridized carbons (Fsp3) is 0.438. The fourth-order valence-electron chi connectivity index (χ4n) is 2.19. The van der Waals surface area contributed by atoms with Gasteiger partial charge in [0.05, 0.1) is 12.1 Å². The van der Waals surface area contributed by atoms with Gasteiger partial charge in [-0.05, 0) is 13.0 Å². The molecule has 0 spiro atoms. The second-order valence-corrected chi connectivity index (χ2v) is 5.35. The van der Waals surface area contributed by atoms with E-state index in [-0.39, 0.29) is 17.5 Å². The van der Waals surface area contributed by atoms with Gasteiger partial charge in [-0.3, -0.25) is 14.7 Å². The lowest BCUT2D eigenvalue weighted by atomic mass is 10.2. The van der Waals surface area contributed by atoms with Gasteiger partial charge in [0.1, 0.15) is 6.04 Å². The number of methoxy groups -OCH3 is 1. The summed E-state index contributed by atoms with van der Waals surface area (Å²) in [6.07, 6.45) is 0. The monoisotopic (exact) mass is 333 g/mol. The van der Waals surface area contributed by atoms with Crippen LogP contribution in [0.25, 0.3) is 10.9 Å². The van der Waals surface area contributed by atoms with Crippen molar-refractivity contribution in [2.45, 2.75) is 13.0 Å². The van der Waals surface area contributed by atoms with Crippen LogP contribution >= 0.6 is 0 Å². The van der Waals surface area contributed by atoms with Gasteiger partial charge in [0, 0.05) is 32.1 Å². The maximum atomic E-state index is 12.3. The number of amides is 2. The van der Waals surface area contributed by atoms with Gasteiger partial charge in [-0.15, -0.1) is 0 Å². The number of carbonyl (C=O) groups excluding carboxylic acids is 2. The largest absolute Gasteiger partial charge is 0.383 e. The molecule has 130 valence electrons. The highest BCUT2D eigenvalue weighted by Crippen LogP contribution is 2.14. The summed E-state index contributed by atoms with van der Waals surface area (Å²) in [5.74, 6) is -0.620. The summed E-state index contributed by atoms with van der Waals surface area (Å²) in [6, 6.07) is 6.70. The van der Waals surface area contributed by atoms with Crippen LogP contribution in [0.1, 0.15) is 17.4 Å². The zero-order valence-electron chi connectivity index (χ0n) is 13.9. The molecule has 0 aliphatic rings. The Morgan fingerprint density at radius 2 is 2.04 bits per heavy atom. The van der Waals surface area contributed by atoms with Gasteiger partial charge in [0.25, 0.3) is 5.91 Å². The van der Waals surface area contributed by atoms with E-state index in [0.29, 0.717) is 19.7 Å². The standard InChI is InChI=1S/C16H23N5O3/c1-11(15(22)18-8-7-17-9-10-24-2)19-16(23)14-12-5-3-4-6-13(12)20-21-14/h3-6,11,17H,7-10H2,1-2H3,(H,18,22)(H,19,23)(H,20,21). The van der Waals surface area contributed by atoms with Crippen molar-refractivity contribution >= 4 is 22.7 Å². The molecule has 2 aromatic rings. The molecule has 0 bridgehead atoms. The summed E-state index contributed by atoms with van der Waals surface area (Å²) in [6.45, 7) is 4.11. The summed E-state index contributed by atoms with van der Waals surface area (Å²) in [4.78, 5) is 24.3. The highest BCUT2D eigenvalue weighted by atomic mass is 16.5. The maximum Gasteiger partial charge on any atom is 0.273 e. The normalized spacial score (nSPS) is 12.1. The number of aromatic nitrogens is 2. The molecule has 1 heterocycles. The predicted molar refractivity (Wildman–Crippen MR) is 90.8 cm³/mol. The predicted octanol–water partition coefficient (Wildman–Crippen LogP) is 0.0334. The third kappa shape index (κ3) is 4.77. The first-order valence-corrected chi connectivity index (χ1v) is 7.85. The van der Waals surface area contributed by atoms with Gasteiger partial charge in [0.15, 0.2) is 5.69 Å². The molecule has 2 amide bonds. The van der Waals surface area contributed by atoms with E-state index in [1.165, 1.54) is 0 Å². The number of nitrogens with zero attached hydrogens (tertiary/aromatic N) is 1. The average Bonchev–Trinajstić information content (AvgIpc) is 3.01. The molecule has 8 nitrogen and oxygen atoms in total. The second-order valence-electron chi connectivity index (χ2n) is 5.35. The van der Waals surface area contributed by atoms with E-state index in [2.05, 4.69) is 26.1 Å². The number of benzene rings is 1. The van der Waals surface area contributed by atoms with Crippen LogP contribution in [-0.2, 0) is 9.53 Å². The van der Waals surface area contributed by atoms with Gasteiger partial charge in [-0.2, -0.15) is 5.10 Å². The first-order chi connectivity index (χ1) is 11.6. The number of aromatic amines is 1. The van der Waals surface area contributed by atoms with Gasteiger partial charge >= 0.3 is 0 Å². The van der Waals surface area contributed by atoms with E-state index in [9.17, 15) is 9.59 Å². The molecule has 0 radical (unpaired) electrons. The quantitative estimate of drug-likeness (QED) is 0.484. The van der Waals surface area contributed by atoms with E-state index in [1.807, 2.05) is 24.3 Å². The van der Waals surface area contributed by atoms with Gasteiger partial charge < -0.3 is 20.7 Å². The maximum absolute atomic E-state index is 12.3. The van der Waals surface area contributed by atoms with Crippen LogP contribution in [0.15, 0.2) is 24.3 Å². The van der Waals surface area contributed by atoms with E-state index in [1.54, 1.807) is 14.0 Å². The highest BCUT2D eigenvalue weighted by molar-refractivity contribution is 6.05. The van der Waals surface area contributed by atoms with E-state index >= 15 is 0 Å². The van der Waals surface area contributed by atoms with Crippen LogP contribution in [0.5, 0.6) is 0 Å². The molecule has 1 atom stereocenters. The highest BCUT2D eigenvalue weighted by Gasteiger charge is 2.19. The van der Waals surface area contributed by atoms with Gasteiger partial charge in [-0.1, -0.05) is 18.2 Å². The molecule has 0 aliphatic heterocycles. The number of rotatable bonds is 9. The first-order valence-electron chi connectivity index (χ1n) is 7.85. The second kappa shape index (κ2) is 8.99. The molecule has 2 rings (SSSR count). The summed E-state index contributed by atoms with van der Waals surface area (Å²) >= 11 is 0. The van der Waals surface area contributed by atoms with E-state index in [4.69, 9.17) is 4.74 Å². The van der Waals surface area contributed by atoms with E-state index in [0.717, 1.165) is 17.4 Å². The zero-order valence-corrected chi connectivity index (χ0v) is 13.9. The minimum Gasteiger partial charge on any atom is -0.383 e. The molecule has 0 fully saturated rings. The number of carbonyl (C=O) groups is 2. The summed E-state index contributed by atoms with van der Waals surface area (Å²) < 4.78 is 4.91. The van der Waals surface area contributed by atoms with Gasteiger partial charge in [-0.25, -0.2) is 0 Å². The molecule has 0 saturated carbocycles. The summed E-state index contributed by atoms with van der Waals surface area (Å²) in [5.41, 5.74) is 1.06. The van der Waals surface area contributed by atoms with Crippen LogP contribution in [0.4, 0.5) is 0 Å². The number of hydrogen-bond donors (Lipinski definition) is 4. The van der Waals surface area contributed by atoms with Crippen molar-refractivity contribution < 1.29 is 14.3 Å². The lowest BCUT2D eigenvalue weighted by Gasteiger charge is -2.13. The van der Waals surface area contributed by atoms with Crippen LogP contribution in [0.3, 0.4) is 0 Å². The Kier molecular flexibility index (Phi) is 6.71. The Hall–Kier alpha value is -2.45. The molecule has 1 unspecified atom stereocenters. The topological polar surface area (TPSA) is 108 Å². The number of hydrogen-bond acceptors (Lipinski definition) is 5. The first kappa shape index (κ1) is 17.9. The van der Waals surface area contributed by atoms with Crippen LogP contribution < -0.4 is 16.0 Å². The number of nitrogens with one attached hydrogen (secondary N) is 4. The van der Waals surface area contributed by atoms with Crippen molar-refractivity contribution in [3.8, 4) is 0 Å². The fourth-order valence-corrected chi connectivity index (χ4v) is 2.19. The molecule has 4 N–H and O–H groups in total. The number of para-hydroxylation sites is 1. The summed E-state index contributed by atoms with van der Waals surface area (Å²) in [7, 11) is 1.64. The Labute approximate surface area is 140 Å². The molecule has 8 heteroatoms. The third-order valence-corrected chi connectivity index (χ3v) is 3.51. The van der Waals surface area contributed by atoms with E-state index < -0.39 is 6.04 Å². The third-order valence-electron chi connectivity index (χ3n) is 3.51. The summed E-state index contributed by atoms with van der Waals surface area (Å²) in [5, 5.41) is 16.1. The average molecular weight is 333 g/mol. The molecular formula is C16H23N5O3. The Morgan fingerprint density at radius 1 is 1.25 bits per heavy atom. The molecule has 24 heavy (non-hydrogen) atoms. The molecule has 0 aliphatic carbocycles. The molecular weight excluding hydrogens is 310 g/mol. The molecule has 1 aromatic heterocycles. The van der Waals surface area contributed by atoms with Crippen molar-refractivity contribution in [1.82, 2.24) is 26.1 Å². The smallest absolute Gasteiger partial charge is 0.273 e.